The molecule has 2 rings (SSSR count). The van der Waals surface area contributed by atoms with Gasteiger partial charge in [0.15, 0.2) is 0 Å². The van der Waals surface area contributed by atoms with E-state index < -0.39 is 0 Å². The van der Waals surface area contributed by atoms with Crippen molar-refractivity contribution in [2.45, 2.75) is 12.6 Å². The Morgan fingerprint density at radius 1 is 1.18 bits per heavy atom. The third kappa shape index (κ3) is 4.32. The number of nitrogens with zero attached hydrogens (tertiary/aromatic N) is 2. The molecule has 3 nitrogen and oxygen atoms in total. The van der Waals surface area contributed by atoms with Crippen molar-refractivity contribution in [1.29, 1.82) is 5.26 Å². The fourth-order valence-corrected chi connectivity index (χ4v) is 2.68. The van der Waals surface area contributed by atoms with E-state index in [4.69, 9.17) is 16.9 Å². The van der Waals surface area contributed by atoms with Gasteiger partial charge >= 0.3 is 0 Å². The van der Waals surface area contributed by atoms with Crippen LogP contribution in [0.2, 0.25) is 5.02 Å². The van der Waals surface area contributed by atoms with Gasteiger partial charge in [-0.2, -0.15) is 5.26 Å². The summed E-state index contributed by atoms with van der Waals surface area (Å²) in [5, 5.41) is 13.2. The normalized spacial score (nSPS) is 12.1. The molecule has 0 aliphatic carbocycles. The molecule has 0 unspecified atom stereocenters. The third-order valence-corrected chi connectivity index (χ3v) is 3.95. The number of likely N-dealkylation sites (N-methyl/N-ethyl adjacent to an activating group) is 1. The van der Waals surface area contributed by atoms with Crippen LogP contribution in [0.5, 0.6) is 0 Å². The van der Waals surface area contributed by atoms with Crippen molar-refractivity contribution in [2.75, 3.05) is 20.6 Å². The minimum Gasteiger partial charge on any atom is -0.311 e. The van der Waals surface area contributed by atoms with Gasteiger partial charge in [0.05, 0.1) is 11.6 Å². The summed E-state index contributed by atoms with van der Waals surface area (Å²) in [6.07, 6.45) is 0. The Hall–Kier alpha value is -1.86. The molecular weight excluding hydrogens is 294 g/mol. The number of nitriles is 1. The Kier molecular flexibility index (Phi) is 5.97. The van der Waals surface area contributed by atoms with Gasteiger partial charge in [0.2, 0.25) is 0 Å². The molecule has 0 saturated carbocycles. The van der Waals surface area contributed by atoms with Crippen LogP contribution in [0.15, 0.2) is 48.5 Å². The second kappa shape index (κ2) is 7.95. The van der Waals surface area contributed by atoms with Crippen molar-refractivity contribution in [3.05, 3.63) is 70.2 Å². The Morgan fingerprint density at radius 3 is 2.64 bits per heavy atom. The van der Waals surface area contributed by atoms with E-state index in [-0.39, 0.29) is 6.04 Å². The predicted octanol–water partition coefficient (Wildman–Crippen LogP) is 3.60. The van der Waals surface area contributed by atoms with E-state index in [0.29, 0.717) is 5.56 Å². The van der Waals surface area contributed by atoms with Gasteiger partial charge < -0.3 is 10.2 Å². The molecule has 2 aromatic rings. The van der Waals surface area contributed by atoms with E-state index in [1.54, 1.807) is 0 Å². The van der Waals surface area contributed by atoms with Crippen molar-refractivity contribution < 1.29 is 0 Å². The molecule has 114 valence electrons. The highest BCUT2D eigenvalue weighted by molar-refractivity contribution is 6.31. The van der Waals surface area contributed by atoms with Crippen molar-refractivity contribution in [3.63, 3.8) is 0 Å². The SMILES string of the molecule is CN(C)[C@@H](CNCc1cccc(C#N)c1)c1ccccc1Cl. The van der Waals surface area contributed by atoms with Crippen LogP contribution in [0.1, 0.15) is 22.7 Å². The van der Waals surface area contributed by atoms with E-state index in [1.165, 1.54) is 0 Å². The first kappa shape index (κ1) is 16.5. The summed E-state index contributed by atoms with van der Waals surface area (Å²) in [5.74, 6) is 0. The molecule has 0 aliphatic heterocycles. The maximum absolute atomic E-state index is 8.94. The average molecular weight is 314 g/mol. The molecule has 4 heteroatoms. The predicted molar refractivity (Wildman–Crippen MR) is 90.7 cm³/mol. The Labute approximate surface area is 137 Å². The van der Waals surface area contributed by atoms with Crippen molar-refractivity contribution in [2.24, 2.45) is 0 Å². The van der Waals surface area contributed by atoms with Crippen LogP contribution < -0.4 is 5.32 Å². The van der Waals surface area contributed by atoms with E-state index >= 15 is 0 Å². The molecule has 0 aliphatic rings. The second-order valence-corrected chi connectivity index (χ2v) is 5.85. The summed E-state index contributed by atoms with van der Waals surface area (Å²) in [4.78, 5) is 2.15. The summed E-state index contributed by atoms with van der Waals surface area (Å²) >= 11 is 6.31. The molecular formula is C18H20ClN3. The van der Waals surface area contributed by atoms with Crippen LogP contribution in [-0.4, -0.2) is 25.5 Å². The van der Waals surface area contributed by atoms with Gasteiger partial charge in [-0.05, 0) is 43.4 Å². The quantitative estimate of drug-likeness (QED) is 0.885. The number of halogens is 1. The van der Waals surface area contributed by atoms with E-state index in [0.717, 1.165) is 29.2 Å². The lowest BCUT2D eigenvalue weighted by molar-refractivity contribution is 0.288. The topological polar surface area (TPSA) is 39.1 Å². The van der Waals surface area contributed by atoms with Crippen LogP contribution >= 0.6 is 11.6 Å². The zero-order chi connectivity index (χ0) is 15.9. The van der Waals surface area contributed by atoms with Gasteiger partial charge in [-0.15, -0.1) is 0 Å². The van der Waals surface area contributed by atoms with Gasteiger partial charge in [0, 0.05) is 24.2 Å². The van der Waals surface area contributed by atoms with Crippen molar-refractivity contribution in [1.82, 2.24) is 10.2 Å². The summed E-state index contributed by atoms with van der Waals surface area (Å²) in [6, 6.07) is 18.0. The van der Waals surface area contributed by atoms with Gasteiger partial charge in [-0.1, -0.05) is 41.9 Å². The molecule has 22 heavy (non-hydrogen) atoms. The monoisotopic (exact) mass is 313 g/mol. The van der Waals surface area contributed by atoms with E-state index in [2.05, 4.69) is 22.4 Å². The molecule has 1 atom stereocenters. The maximum atomic E-state index is 8.94. The zero-order valence-electron chi connectivity index (χ0n) is 12.9. The lowest BCUT2D eigenvalue weighted by Crippen LogP contribution is -2.31. The van der Waals surface area contributed by atoms with Crippen LogP contribution in [-0.2, 0) is 6.54 Å². The smallest absolute Gasteiger partial charge is 0.0991 e. The molecule has 0 fully saturated rings. The van der Waals surface area contributed by atoms with Crippen LogP contribution in [0.25, 0.3) is 0 Å². The lowest BCUT2D eigenvalue weighted by atomic mass is 10.1. The maximum Gasteiger partial charge on any atom is 0.0991 e. The summed E-state index contributed by atoms with van der Waals surface area (Å²) in [5.41, 5.74) is 2.91. The third-order valence-electron chi connectivity index (χ3n) is 3.61. The highest BCUT2D eigenvalue weighted by atomic mass is 35.5. The van der Waals surface area contributed by atoms with Gasteiger partial charge in [0.1, 0.15) is 0 Å². The first-order valence-corrected chi connectivity index (χ1v) is 7.60. The first-order chi connectivity index (χ1) is 10.6. The molecule has 0 radical (unpaired) electrons. The van der Waals surface area contributed by atoms with Crippen molar-refractivity contribution >= 4 is 11.6 Å². The fraction of sp³-hybridized carbons (Fsp3) is 0.278. The van der Waals surface area contributed by atoms with Gasteiger partial charge in [-0.3, -0.25) is 0 Å². The summed E-state index contributed by atoms with van der Waals surface area (Å²) in [6.45, 7) is 1.51. The molecule has 1 N–H and O–H groups in total. The standard InChI is InChI=1S/C18H20ClN3/c1-22(2)18(16-8-3-4-9-17(16)19)13-21-12-15-7-5-6-14(10-15)11-20/h3-10,18,21H,12-13H2,1-2H3/t18-/m0/s1. The highest BCUT2D eigenvalue weighted by Crippen LogP contribution is 2.25. The number of hydrogen-bond donors (Lipinski definition) is 1. The van der Waals surface area contributed by atoms with Gasteiger partial charge in [-0.25, -0.2) is 0 Å². The Morgan fingerprint density at radius 2 is 1.95 bits per heavy atom. The van der Waals surface area contributed by atoms with Crippen LogP contribution in [0.3, 0.4) is 0 Å². The zero-order valence-corrected chi connectivity index (χ0v) is 13.6. The Balaban J connectivity index is 2.01. The van der Waals surface area contributed by atoms with Gasteiger partial charge in [0.25, 0.3) is 0 Å². The first-order valence-electron chi connectivity index (χ1n) is 7.22. The molecule has 0 bridgehead atoms. The molecule has 0 spiro atoms. The Bertz CT molecular complexity index is 661. The van der Waals surface area contributed by atoms with Crippen LogP contribution in [0.4, 0.5) is 0 Å². The van der Waals surface area contributed by atoms with Crippen LogP contribution in [0, 0.1) is 11.3 Å². The minimum absolute atomic E-state index is 0.202. The molecule has 0 saturated heterocycles. The number of rotatable bonds is 6. The molecule has 0 heterocycles. The molecule has 2 aromatic carbocycles. The average Bonchev–Trinajstić information content (AvgIpc) is 2.52. The fourth-order valence-electron chi connectivity index (χ4n) is 2.42. The second-order valence-electron chi connectivity index (χ2n) is 5.44. The highest BCUT2D eigenvalue weighted by Gasteiger charge is 2.16. The number of benzene rings is 2. The lowest BCUT2D eigenvalue weighted by Gasteiger charge is -2.26. The van der Waals surface area contributed by atoms with Crippen molar-refractivity contribution in [3.8, 4) is 6.07 Å². The van der Waals surface area contributed by atoms with E-state index in [9.17, 15) is 0 Å². The number of hydrogen-bond acceptors (Lipinski definition) is 3. The summed E-state index contributed by atoms with van der Waals surface area (Å²) in [7, 11) is 4.10. The largest absolute Gasteiger partial charge is 0.311 e. The summed E-state index contributed by atoms with van der Waals surface area (Å²) < 4.78 is 0. The van der Waals surface area contributed by atoms with E-state index in [1.807, 2.05) is 56.6 Å². The minimum atomic E-state index is 0.202. The number of nitrogens with one attached hydrogen (secondary N) is 1. The molecule has 0 aromatic heterocycles. The molecule has 0 amide bonds.